The van der Waals surface area contributed by atoms with E-state index in [0.717, 1.165) is 34.6 Å². The molecular formula is C16H25NO3S. The highest BCUT2D eigenvalue weighted by Crippen LogP contribution is 2.35. The van der Waals surface area contributed by atoms with Gasteiger partial charge in [-0.25, -0.2) is 0 Å². The molecule has 0 spiro atoms. The van der Waals surface area contributed by atoms with Gasteiger partial charge in [-0.2, -0.15) is 11.8 Å². The van der Waals surface area contributed by atoms with Crippen LogP contribution in [0, 0.1) is 0 Å². The van der Waals surface area contributed by atoms with Crippen LogP contribution in [0.5, 0.6) is 17.2 Å². The molecule has 1 aromatic rings. The summed E-state index contributed by atoms with van der Waals surface area (Å²) in [4.78, 5) is 0. The van der Waals surface area contributed by atoms with E-state index in [4.69, 9.17) is 14.2 Å². The fraction of sp³-hybridized carbons (Fsp3) is 0.625. The first-order chi connectivity index (χ1) is 10.2. The van der Waals surface area contributed by atoms with E-state index in [9.17, 15) is 0 Å². The largest absolute Gasteiger partial charge is 0.496 e. The van der Waals surface area contributed by atoms with E-state index in [0.29, 0.717) is 6.04 Å². The van der Waals surface area contributed by atoms with Crippen molar-refractivity contribution in [3.63, 3.8) is 0 Å². The predicted molar refractivity (Wildman–Crippen MR) is 87.9 cm³/mol. The molecule has 1 saturated carbocycles. The van der Waals surface area contributed by atoms with Crippen LogP contribution in [0.4, 0.5) is 0 Å². The highest BCUT2D eigenvalue weighted by Gasteiger charge is 2.24. The number of thioether (sulfide) groups is 1. The molecule has 0 saturated heterocycles. The van der Waals surface area contributed by atoms with Crippen molar-refractivity contribution >= 4 is 11.8 Å². The predicted octanol–water partition coefficient (Wildman–Crippen LogP) is 3.09. The Hall–Kier alpha value is -1.07. The molecule has 0 aromatic heterocycles. The Morgan fingerprint density at radius 3 is 2.24 bits per heavy atom. The molecule has 0 bridgehead atoms. The SMILES string of the molecule is COc1cc(OC)c(CNC2CCC(SC)C2)c(OC)c1. The van der Waals surface area contributed by atoms with Gasteiger partial charge in [0.05, 0.1) is 26.9 Å². The van der Waals surface area contributed by atoms with E-state index in [1.807, 2.05) is 23.9 Å². The quantitative estimate of drug-likeness (QED) is 0.838. The maximum atomic E-state index is 5.48. The summed E-state index contributed by atoms with van der Waals surface area (Å²) in [6, 6.07) is 4.39. The first kappa shape index (κ1) is 16.3. The maximum absolute atomic E-state index is 5.48. The van der Waals surface area contributed by atoms with Gasteiger partial charge in [0.1, 0.15) is 17.2 Å². The maximum Gasteiger partial charge on any atom is 0.130 e. The van der Waals surface area contributed by atoms with Crippen molar-refractivity contribution in [1.82, 2.24) is 5.32 Å². The summed E-state index contributed by atoms with van der Waals surface area (Å²) in [5, 5.41) is 4.43. The van der Waals surface area contributed by atoms with Gasteiger partial charge in [0.25, 0.3) is 0 Å². The zero-order valence-corrected chi connectivity index (χ0v) is 14.1. The molecule has 0 amide bonds. The zero-order valence-electron chi connectivity index (χ0n) is 13.3. The Morgan fingerprint density at radius 2 is 1.76 bits per heavy atom. The number of rotatable bonds is 7. The first-order valence-electron chi connectivity index (χ1n) is 7.26. The molecule has 1 N–H and O–H groups in total. The summed E-state index contributed by atoms with van der Waals surface area (Å²) in [6.45, 7) is 0.752. The zero-order chi connectivity index (χ0) is 15.2. The molecule has 1 aromatic carbocycles. The summed E-state index contributed by atoms with van der Waals surface area (Å²) in [5.74, 6) is 2.35. The number of ether oxygens (including phenoxy) is 3. The Kier molecular flexibility index (Phi) is 6.06. The van der Waals surface area contributed by atoms with Crippen molar-refractivity contribution in [2.45, 2.75) is 37.1 Å². The molecule has 1 aliphatic rings. The van der Waals surface area contributed by atoms with Gasteiger partial charge in [-0.3, -0.25) is 0 Å². The van der Waals surface area contributed by atoms with Crippen molar-refractivity contribution in [1.29, 1.82) is 0 Å². The van der Waals surface area contributed by atoms with Crippen molar-refractivity contribution in [2.24, 2.45) is 0 Å². The topological polar surface area (TPSA) is 39.7 Å². The lowest BCUT2D eigenvalue weighted by Crippen LogP contribution is -2.26. The van der Waals surface area contributed by atoms with E-state index in [1.54, 1.807) is 21.3 Å². The van der Waals surface area contributed by atoms with Crippen LogP contribution in [-0.2, 0) is 6.54 Å². The number of benzene rings is 1. The monoisotopic (exact) mass is 311 g/mol. The highest BCUT2D eigenvalue weighted by atomic mass is 32.2. The second-order valence-electron chi connectivity index (χ2n) is 5.26. The van der Waals surface area contributed by atoms with E-state index >= 15 is 0 Å². The van der Waals surface area contributed by atoms with Crippen LogP contribution < -0.4 is 19.5 Å². The van der Waals surface area contributed by atoms with Crippen LogP contribution in [0.2, 0.25) is 0 Å². The van der Waals surface area contributed by atoms with Crippen LogP contribution >= 0.6 is 11.8 Å². The summed E-state index contributed by atoms with van der Waals surface area (Å²) in [7, 11) is 5.00. The Morgan fingerprint density at radius 1 is 1.10 bits per heavy atom. The van der Waals surface area contributed by atoms with Gasteiger partial charge in [0.2, 0.25) is 0 Å². The lowest BCUT2D eigenvalue weighted by atomic mass is 10.1. The van der Waals surface area contributed by atoms with Gasteiger partial charge in [0.15, 0.2) is 0 Å². The van der Waals surface area contributed by atoms with Crippen LogP contribution in [0.3, 0.4) is 0 Å². The molecule has 1 aliphatic carbocycles. The Bertz CT molecular complexity index is 442. The van der Waals surface area contributed by atoms with E-state index in [-0.39, 0.29) is 0 Å². The first-order valence-corrected chi connectivity index (χ1v) is 8.55. The molecule has 21 heavy (non-hydrogen) atoms. The number of methoxy groups -OCH3 is 3. The molecule has 1 fully saturated rings. The lowest BCUT2D eigenvalue weighted by molar-refractivity contribution is 0.364. The Labute approximate surface area is 131 Å². The van der Waals surface area contributed by atoms with Crippen molar-refractivity contribution < 1.29 is 14.2 Å². The minimum atomic E-state index is 0.582. The van der Waals surface area contributed by atoms with Crippen LogP contribution in [-0.4, -0.2) is 38.9 Å². The molecule has 5 heteroatoms. The van der Waals surface area contributed by atoms with Crippen LogP contribution in [0.25, 0.3) is 0 Å². The normalized spacial score (nSPS) is 21.3. The minimum Gasteiger partial charge on any atom is -0.496 e. The number of hydrogen-bond donors (Lipinski definition) is 1. The standard InChI is InChI=1S/C16H25NO3S/c1-18-12-8-15(19-2)14(16(9-12)20-3)10-17-11-5-6-13(7-11)21-4/h8-9,11,13,17H,5-7,10H2,1-4H3. The van der Waals surface area contributed by atoms with Gasteiger partial charge in [-0.05, 0) is 25.5 Å². The van der Waals surface area contributed by atoms with Crippen molar-refractivity contribution in [3.05, 3.63) is 17.7 Å². The average molecular weight is 311 g/mol. The third kappa shape index (κ3) is 3.98. The summed E-state index contributed by atoms with van der Waals surface area (Å²) < 4.78 is 16.2. The van der Waals surface area contributed by atoms with Crippen molar-refractivity contribution in [2.75, 3.05) is 27.6 Å². The number of nitrogens with one attached hydrogen (secondary N) is 1. The molecule has 2 rings (SSSR count). The van der Waals surface area contributed by atoms with Crippen molar-refractivity contribution in [3.8, 4) is 17.2 Å². The molecule has 2 unspecified atom stereocenters. The van der Waals surface area contributed by atoms with Gasteiger partial charge in [-0.15, -0.1) is 0 Å². The fourth-order valence-electron chi connectivity index (χ4n) is 2.84. The van der Waals surface area contributed by atoms with E-state index < -0.39 is 0 Å². The highest BCUT2D eigenvalue weighted by molar-refractivity contribution is 7.99. The van der Waals surface area contributed by atoms with E-state index in [1.165, 1.54) is 19.3 Å². The number of hydrogen-bond acceptors (Lipinski definition) is 5. The van der Waals surface area contributed by atoms with E-state index in [2.05, 4.69) is 11.6 Å². The van der Waals surface area contributed by atoms with Gasteiger partial charge >= 0.3 is 0 Å². The lowest BCUT2D eigenvalue weighted by Gasteiger charge is -2.18. The molecule has 0 radical (unpaired) electrons. The smallest absolute Gasteiger partial charge is 0.130 e. The molecule has 2 atom stereocenters. The summed E-state index contributed by atoms with van der Waals surface area (Å²) in [5.41, 5.74) is 1.05. The third-order valence-corrected chi connectivity index (χ3v) is 5.20. The van der Waals surface area contributed by atoms with Gasteiger partial charge < -0.3 is 19.5 Å². The van der Waals surface area contributed by atoms with Crippen LogP contribution in [0.1, 0.15) is 24.8 Å². The van der Waals surface area contributed by atoms with Gasteiger partial charge in [-0.1, -0.05) is 0 Å². The van der Waals surface area contributed by atoms with Gasteiger partial charge in [0, 0.05) is 30.0 Å². The fourth-order valence-corrected chi connectivity index (χ4v) is 3.63. The second kappa shape index (κ2) is 7.80. The minimum absolute atomic E-state index is 0.582. The molecule has 0 heterocycles. The Balaban J connectivity index is 2.08. The second-order valence-corrected chi connectivity index (χ2v) is 6.40. The van der Waals surface area contributed by atoms with Crippen LogP contribution in [0.15, 0.2) is 12.1 Å². The molecular weight excluding hydrogens is 286 g/mol. The third-order valence-electron chi connectivity index (χ3n) is 4.10. The summed E-state index contributed by atoms with van der Waals surface area (Å²) in [6.07, 6.45) is 5.98. The molecule has 4 nitrogen and oxygen atoms in total. The molecule has 0 aliphatic heterocycles. The molecule has 118 valence electrons. The summed E-state index contributed by atoms with van der Waals surface area (Å²) >= 11 is 1.97. The average Bonchev–Trinajstić information content (AvgIpc) is 2.99.